The van der Waals surface area contributed by atoms with E-state index in [9.17, 15) is 9.59 Å². The zero-order valence-corrected chi connectivity index (χ0v) is 13.0. The molecule has 2 rings (SSSR count). The van der Waals surface area contributed by atoms with Gasteiger partial charge in [-0.2, -0.15) is 0 Å². The van der Waals surface area contributed by atoms with Crippen LogP contribution in [0.1, 0.15) is 43.2 Å². The smallest absolute Gasteiger partial charge is 0.410 e. The Balaban J connectivity index is 2.07. The van der Waals surface area contributed by atoms with Crippen molar-refractivity contribution in [3.8, 4) is 0 Å². The van der Waals surface area contributed by atoms with E-state index in [-0.39, 0.29) is 11.8 Å². The average Bonchev–Trinajstić information content (AvgIpc) is 2.46. The first-order valence-electron chi connectivity index (χ1n) is 7.13. The Morgan fingerprint density at radius 1 is 1.36 bits per heavy atom. The highest BCUT2D eigenvalue weighted by Gasteiger charge is 2.24. The SMILES string of the molecule is CC(C)(C)OC(=O)N1CC=C(c2ccnc(C(=O)O)c2)CC1. The normalized spacial score (nSPS) is 15.2. The molecule has 0 saturated carbocycles. The molecule has 2 heterocycles. The standard InChI is InChI=1S/C16H20N2O4/c1-16(2,3)22-15(21)18-8-5-11(6-9-18)12-4-7-17-13(10-12)14(19)20/h4-5,7,10H,6,8-9H2,1-3H3,(H,19,20). The van der Waals surface area contributed by atoms with Crippen LogP contribution in [0, 0.1) is 0 Å². The number of carboxylic acid groups (broad SMARTS) is 1. The minimum absolute atomic E-state index is 0.0213. The third kappa shape index (κ3) is 4.07. The average molecular weight is 304 g/mol. The summed E-state index contributed by atoms with van der Waals surface area (Å²) in [5.41, 5.74) is 1.36. The van der Waals surface area contributed by atoms with Gasteiger partial charge in [-0.3, -0.25) is 0 Å². The molecule has 118 valence electrons. The van der Waals surface area contributed by atoms with Crippen molar-refractivity contribution < 1.29 is 19.4 Å². The van der Waals surface area contributed by atoms with Crippen molar-refractivity contribution in [1.82, 2.24) is 9.88 Å². The predicted octanol–water partition coefficient (Wildman–Crippen LogP) is 2.80. The van der Waals surface area contributed by atoms with Crippen LogP contribution in [0.5, 0.6) is 0 Å². The lowest BCUT2D eigenvalue weighted by Gasteiger charge is -2.29. The molecule has 0 unspecified atom stereocenters. The fourth-order valence-electron chi connectivity index (χ4n) is 2.17. The Morgan fingerprint density at radius 3 is 2.64 bits per heavy atom. The lowest BCUT2D eigenvalue weighted by Crippen LogP contribution is -2.39. The second-order valence-electron chi connectivity index (χ2n) is 6.14. The number of carboxylic acids is 1. The van der Waals surface area contributed by atoms with Crippen LogP contribution in [-0.4, -0.2) is 45.7 Å². The summed E-state index contributed by atoms with van der Waals surface area (Å²) in [7, 11) is 0. The van der Waals surface area contributed by atoms with Crippen LogP contribution < -0.4 is 0 Å². The molecular weight excluding hydrogens is 284 g/mol. The van der Waals surface area contributed by atoms with E-state index in [1.807, 2.05) is 26.8 Å². The molecule has 1 aliphatic rings. The van der Waals surface area contributed by atoms with E-state index in [0.29, 0.717) is 19.5 Å². The number of hydrogen-bond donors (Lipinski definition) is 1. The number of aromatic carboxylic acids is 1. The Hall–Kier alpha value is -2.37. The Bertz CT molecular complexity index is 617. The highest BCUT2D eigenvalue weighted by atomic mass is 16.6. The third-order valence-electron chi connectivity index (χ3n) is 3.21. The molecule has 0 fully saturated rings. The highest BCUT2D eigenvalue weighted by molar-refractivity contribution is 5.86. The first-order valence-corrected chi connectivity index (χ1v) is 7.13. The number of hydrogen-bond acceptors (Lipinski definition) is 4. The second-order valence-corrected chi connectivity index (χ2v) is 6.14. The van der Waals surface area contributed by atoms with Crippen LogP contribution in [0.4, 0.5) is 4.79 Å². The second kappa shape index (κ2) is 6.17. The van der Waals surface area contributed by atoms with Crippen LogP contribution in [0.2, 0.25) is 0 Å². The van der Waals surface area contributed by atoms with Gasteiger partial charge < -0.3 is 14.7 Å². The van der Waals surface area contributed by atoms with Crippen LogP contribution >= 0.6 is 0 Å². The lowest BCUT2D eigenvalue weighted by atomic mass is 10.00. The van der Waals surface area contributed by atoms with Crippen LogP contribution in [0.15, 0.2) is 24.4 Å². The number of carbonyl (C=O) groups excluding carboxylic acids is 1. The lowest BCUT2D eigenvalue weighted by molar-refractivity contribution is 0.0270. The molecule has 1 N–H and O–H groups in total. The summed E-state index contributed by atoms with van der Waals surface area (Å²) in [6.45, 7) is 6.50. The fourth-order valence-corrected chi connectivity index (χ4v) is 2.17. The van der Waals surface area contributed by atoms with E-state index in [0.717, 1.165) is 11.1 Å². The molecule has 0 radical (unpaired) electrons. The minimum Gasteiger partial charge on any atom is -0.477 e. The van der Waals surface area contributed by atoms with Gasteiger partial charge in [-0.1, -0.05) is 6.08 Å². The van der Waals surface area contributed by atoms with E-state index in [1.165, 1.54) is 6.20 Å². The monoisotopic (exact) mass is 304 g/mol. The van der Waals surface area contributed by atoms with Gasteiger partial charge in [0.2, 0.25) is 0 Å². The number of carbonyl (C=O) groups is 2. The number of amides is 1. The van der Waals surface area contributed by atoms with Crippen molar-refractivity contribution in [1.29, 1.82) is 0 Å². The Labute approximate surface area is 129 Å². The molecule has 6 nitrogen and oxygen atoms in total. The molecule has 0 bridgehead atoms. The summed E-state index contributed by atoms with van der Waals surface area (Å²) < 4.78 is 5.34. The van der Waals surface area contributed by atoms with Gasteiger partial charge in [0.1, 0.15) is 11.3 Å². The van der Waals surface area contributed by atoms with Gasteiger partial charge >= 0.3 is 12.1 Å². The molecule has 0 aromatic carbocycles. The van der Waals surface area contributed by atoms with Gasteiger partial charge in [0.15, 0.2) is 0 Å². The summed E-state index contributed by atoms with van der Waals surface area (Å²) in [5.74, 6) is -1.05. The van der Waals surface area contributed by atoms with Crippen molar-refractivity contribution in [2.45, 2.75) is 32.8 Å². The number of nitrogens with zero attached hydrogens (tertiary/aromatic N) is 2. The van der Waals surface area contributed by atoms with Crippen molar-refractivity contribution in [2.24, 2.45) is 0 Å². The molecule has 1 aromatic heterocycles. The fraction of sp³-hybridized carbons (Fsp3) is 0.438. The van der Waals surface area contributed by atoms with Crippen LogP contribution in [-0.2, 0) is 4.74 Å². The maximum absolute atomic E-state index is 12.0. The van der Waals surface area contributed by atoms with Crippen molar-refractivity contribution in [3.63, 3.8) is 0 Å². The Kier molecular flexibility index (Phi) is 4.49. The van der Waals surface area contributed by atoms with Gasteiger partial charge in [0, 0.05) is 19.3 Å². The van der Waals surface area contributed by atoms with Crippen molar-refractivity contribution in [2.75, 3.05) is 13.1 Å². The summed E-state index contributed by atoms with van der Waals surface area (Å²) in [6, 6.07) is 3.33. The quantitative estimate of drug-likeness (QED) is 0.908. The number of rotatable bonds is 2. The molecule has 1 aliphatic heterocycles. The first kappa shape index (κ1) is 16.0. The highest BCUT2D eigenvalue weighted by Crippen LogP contribution is 2.23. The van der Waals surface area contributed by atoms with Gasteiger partial charge in [-0.25, -0.2) is 14.6 Å². The maximum Gasteiger partial charge on any atom is 0.410 e. The maximum atomic E-state index is 12.0. The van der Waals surface area contributed by atoms with Crippen LogP contribution in [0.25, 0.3) is 5.57 Å². The summed E-state index contributed by atoms with van der Waals surface area (Å²) in [5, 5.41) is 8.98. The number of aromatic nitrogens is 1. The van der Waals surface area contributed by atoms with E-state index >= 15 is 0 Å². The van der Waals surface area contributed by atoms with Crippen molar-refractivity contribution >= 4 is 17.6 Å². The molecule has 22 heavy (non-hydrogen) atoms. The molecule has 0 aliphatic carbocycles. The molecule has 6 heteroatoms. The predicted molar refractivity (Wildman–Crippen MR) is 81.6 cm³/mol. The topological polar surface area (TPSA) is 79.7 Å². The van der Waals surface area contributed by atoms with E-state index < -0.39 is 11.6 Å². The summed E-state index contributed by atoms with van der Waals surface area (Å²) in [6.07, 6.45) is 3.74. The molecule has 1 aromatic rings. The molecule has 1 amide bonds. The largest absolute Gasteiger partial charge is 0.477 e. The summed E-state index contributed by atoms with van der Waals surface area (Å²) >= 11 is 0. The third-order valence-corrected chi connectivity index (χ3v) is 3.21. The number of pyridine rings is 1. The Morgan fingerprint density at radius 2 is 2.09 bits per heavy atom. The van der Waals surface area contributed by atoms with E-state index in [4.69, 9.17) is 9.84 Å². The zero-order valence-electron chi connectivity index (χ0n) is 13.0. The van der Waals surface area contributed by atoms with Crippen LogP contribution in [0.3, 0.4) is 0 Å². The first-order chi connectivity index (χ1) is 10.3. The zero-order chi connectivity index (χ0) is 16.3. The summed E-state index contributed by atoms with van der Waals surface area (Å²) in [4.78, 5) is 28.4. The number of ether oxygens (including phenoxy) is 1. The van der Waals surface area contributed by atoms with Gasteiger partial charge in [-0.15, -0.1) is 0 Å². The van der Waals surface area contributed by atoms with Gasteiger partial charge in [0.25, 0.3) is 0 Å². The van der Waals surface area contributed by atoms with Crippen molar-refractivity contribution in [3.05, 3.63) is 35.7 Å². The molecule has 0 spiro atoms. The van der Waals surface area contributed by atoms with Gasteiger partial charge in [-0.05, 0) is 50.5 Å². The molecule has 0 saturated heterocycles. The minimum atomic E-state index is -1.05. The molecular formula is C16H20N2O4. The van der Waals surface area contributed by atoms with E-state index in [1.54, 1.807) is 17.0 Å². The molecule has 0 atom stereocenters. The van der Waals surface area contributed by atoms with E-state index in [2.05, 4.69) is 4.98 Å². The van der Waals surface area contributed by atoms with Gasteiger partial charge in [0.05, 0.1) is 0 Å².